The zero-order chi connectivity index (χ0) is 14.6. The van der Waals surface area contributed by atoms with Gasteiger partial charge in [-0.05, 0) is 43.4 Å². The van der Waals surface area contributed by atoms with Gasteiger partial charge in [0.1, 0.15) is 0 Å². The molecule has 0 bridgehead atoms. The van der Waals surface area contributed by atoms with E-state index in [-0.39, 0.29) is 6.10 Å². The number of hydrogen-bond donors (Lipinski definition) is 0. The molecule has 0 aromatic rings. The van der Waals surface area contributed by atoms with Gasteiger partial charge in [0.15, 0.2) is 0 Å². The number of hydrogen-bond acceptors (Lipinski definition) is 3. The molecule has 0 spiro atoms. The molecule has 3 atom stereocenters. The van der Waals surface area contributed by atoms with E-state index in [2.05, 4.69) is 20.8 Å². The summed E-state index contributed by atoms with van der Waals surface area (Å²) in [5, 5.41) is 0. The lowest BCUT2D eigenvalue weighted by molar-refractivity contribution is -0.455. The van der Waals surface area contributed by atoms with E-state index in [4.69, 9.17) is 14.5 Å². The van der Waals surface area contributed by atoms with Crippen LogP contribution in [0.4, 0.5) is 0 Å². The fourth-order valence-electron chi connectivity index (χ4n) is 3.79. The van der Waals surface area contributed by atoms with E-state index in [0.717, 1.165) is 25.2 Å². The molecule has 3 nitrogen and oxygen atoms in total. The van der Waals surface area contributed by atoms with Crippen molar-refractivity contribution in [3.05, 3.63) is 0 Å². The Morgan fingerprint density at radius 1 is 1.05 bits per heavy atom. The molecule has 2 fully saturated rings. The third kappa shape index (κ3) is 3.96. The number of ether oxygens (including phenoxy) is 1. The van der Waals surface area contributed by atoms with Gasteiger partial charge in [0.2, 0.25) is 5.79 Å². The fraction of sp³-hybridized carbons (Fsp3) is 1.00. The lowest BCUT2D eigenvalue weighted by atomic mass is 9.75. The molecule has 20 heavy (non-hydrogen) atoms. The first kappa shape index (κ1) is 16.3. The van der Waals surface area contributed by atoms with Gasteiger partial charge in [-0.25, -0.2) is 9.78 Å². The zero-order valence-corrected chi connectivity index (χ0v) is 13.7. The Bertz CT molecular complexity index is 284. The van der Waals surface area contributed by atoms with Crippen LogP contribution in [0.15, 0.2) is 0 Å². The molecule has 2 rings (SSSR count). The maximum absolute atomic E-state index is 5.94. The van der Waals surface area contributed by atoms with Gasteiger partial charge in [0.25, 0.3) is 0 Å². The minimum atomic E-state index is -0.486. The highest BCUT2D eigenvalue weighted by atomic mass is 17.2. The van der Waals surface area contributed by atoms with Crippen LogP contribution in [-0.4, -0.2) is 19.0 Å². The summed E-state index contributed by atoms with van der Waals surface area (Å²) in [7, 11) is 1.75. The average Bonchev–Trinajstić information content (AvgIpc) is 2.46. The summed E-state index contributed by atoms with van der Waals surface area (Å²) in [4.78, 5) is 11.8. The normalized spacial score (nSPS) is 34.4. The highest BCUT2D eigenvalue weighted by Gasteiger charge is 2.38. The molecular weight excluding hydrogens is 252 g/mol. The van der Waals surface area contributed by atoms with Crippen LogP contribution in [-0.2, 0) is 14.5 Å². The molecule has 118 valence electrons. The van der Waals surface area contributed by atoms with Gasteiger partial charge < -0.3 is 4.74 Å². The Labute approximate surface area is 124 Å². The maximum Gasteiger partial charge on any atom is 0.201 e. The van der Waals surface area contributed by atoms with Gasteiger partial charge >= 0.3 is 0 Å². The van der Waals surface area contributed by atoms with Crippen molar-refractivity contribution in [3.63, 3.8) is 0 Å². The number of rotatable bonds is 5. The van der Waals surface area contributed by atoms with Crippen molar-refractivity contribution in [1.82, 2.24) is 0 Å². The van der Waals surface area contributed by atoms with Crippen molar-refractivity contribution >= 4 is 0 Å². The van der Waals surface area contributed by atoms with Crippen molar-refractivity contribution in [2.75, 3.05) is 7.11 Å². The van der Waals surface area contributed by atoms with Crippen molar-refractivity contribution in [2.45, 2.75) is 84.0 Å². The molecule has 0 heterocycles. The summed E-state index contributed by atoms with van der Waals surface area (Å²) in [6.07, 6.45) is 9.46. The van der Waals surface area contributed by atoms with Crippen LogP contribution >= 0.6 is 0 Å². The van der Waals surface area contributed by atoms with Gasteiger partial charge in [-0.15, -0.1) is 0 Å². The second kappa shape index (κ2) is 7.24. The predicted octanol–water partition coefficient (Wildman–Crippen LogP) is 4.70. The third-order valence-corrected chi connectivity index (χ3v) is 5.27. The first-order valence-electron chi connectivity index (χ1n) is 8.46. The molecule has 0 aliphatic heterocycles. The second-order valence-electron chi connectivity index (χ2n) is 7.22. The van der Waals surface area contributed by atoms with Gasteiger partial charge in [-0.1, -0.05) is 33.6 Å². The third-order valence-electron chi connectivity index (χ3n) is 5.27. The Balaban J connectivity index is 1.92. The van der Waals surface area contributed by atoms with Crippen molar-refractivity contribution in [3.8, 4) is 0 Å². The summed E-state index contributed by atoms with van der Waals surface area (Å²) in [6.45, 7) is 6.91. The minimum Gasteiger partial charge on any atom is -0.351 e. The summed E-state index contributed by atoms with van der Waals surface area (Å²) >= 11 is 0. The van der Waals surface area contributed by atoms with E-state index >= 15 is 0 Å². The summed E-state index contributed by atoms with van der Waals surface area (Å²) in [5.41, 5.74) is 0. The van der Waals surface area contributed by atoms with Gasteiger partial charge in [0, 0.05) is 20.0 Å². The van der Waals surface area contributed by atoms with Crippen LogP contribution in [0.5, 0.6) is 0 Å². The van der Waals surface area contributed by atoms with Crippen LogP contribution in [0.25, 0.3) is 0 Å². The first-order chi connectivity index (χ1) is 9.56. The van der Waals surface area contributed by atoms with Crippen molar-refractivity contribution in [1.29, 1.82) is 0 Å². The van der Waals surface area contributed by atoms with E-state index in [1.54, 1.807) is 7.11 Å². The summed E-state index contributed by atoms with van der Waals surface area (Å²) in [5.74, 6) is 1.52. The minimum absolute atomic E-state index is 0.229. The maximum atomic E-state index is 5.94. The lowest BCUT2D eigenvalue weighted by Crippen LogP contribution is -2.41. The SMILES string of the molecule is COC1(OOC2CC(C)CCC2C(C)C)CCCCC1. The van der Waals surface area contributed by atoms with Crippen LogP contribution in [0.3, 0.4) is 0 Å². The molecular formula is C17H32O3. The Morgan fingerprint density at radius 2 is 1.75 bits per heavy atom. The molecule has 0 radical (unpaired) electrons. The molecule has 0 N–H and O–H groups in total. The fourth-order valence-corrected chi connectivity index (χ4v) is 3.79. The molecule has 3 unspecified atom stereocenters. The van der Waals surface area contributed by atoms with E-state index < -0.39 is 5.79 Å². The average molecular weight is 284 g/mol. The van der Waals surface area contributed by atoms with E-state index in [1.807, 2.05) is 0 Å². The van der Waals surface area contributed by atoms with Gasteiger partial charge in [-0.3, -0.25) is 0 Å². The Hall–Kier alpha value is -0.120. The van der Waals surface area contributed by atoms with Crippen LogP contribution in [0.1, 0.15) is 72.1 Å². The van der Waals surface area contributed by atoms with Crippen LogP contribution in [0, 0.1) is 17.8 Å². The molecule has 2 saturated carbocycles. The van der Waals surface area contributed by atoms with Gasteiger partial charge in [-0.2, -0.15) is 0 Å². The Morgan fingerprint density at radius 3 is 2.35 bits per heavy atom. The topological polar surface area (TPSA) is 27.7 Å². The Kier molecular flexibility index (Phi) is 5.88. The van der Waals surface area contributed by atoms with Crippen molar-refractivity contribution in [2.24, 2.45) is 17.8 Å². The van der Waals surface area contributed by atoms with Crippen LogP contribution in [0.2, 0.25) is 0 Å². The molecule has 2 aliphatic rings. The highest BCUT2D eigenvalue weighted by Crippen LogP contribution is 2.38. The van der Waals surface area contributed by atoms with Crippen molar-refractivity contribution < 1.29 is 14.5 Å². The lowest BCUT2D eigenvalue weighted by Gasteiger charge is -2.40. The summed E-state index contributed by atoms with van der Waals surface area (Å²) in [6, 6.07) is 0. The smallest absolute Gasteiger partial charge is 0.201 e. The molecule has 0 saturated heterocycles. The van der Waals surface area contributed by atoms with Gasteiger partial charge in [0.05, 0.1) is 6.10 Å². The first-order valence-corrected chi connectivity index (χ1v) is 8.46. The molecule has 0 amide bonds. The van der Waals surface area contributed by atoms with E-state index in [1.165, 1.54) is 32.1 Å². The highest BCUT2D eigenvalue weighted by molar-refractivity contribution is 4.81. The van der Waals surface area contributed by atoms with E-state index in [0.29, 0.717) is 11.8 Å². The molecule has 0 aromatic carbocycles. The summed E-state index contributed by atoms with van der Waals surface area (Å²) < 4.78 is 5.65. The largest absolute Gasteiger partial charge is 0.351 e. The predicted molar refractivity (Wildman–Crippen MR) is 80.1 cm³/mol. The standard InChI is InChI=1S/C17H32O3/c1-13(2)15-9-8-14(3)12-16(15)19-20-17(18-4)10-6-5-7-11-17/h13-16H,5-12H2,1-4H3. The van der Waals surface area contributed by atoms with Crippen LogP contribution < -0.4 is 0 Å². The number of methoxy groups -OCH3 is 1. The quantitative estimate of drug-likeness (QED) is 0.416. The second-order valence-corrected chi connectivity index (χ2v) is 7.22. The molecule has 3 heteroatoms. The molecule has 2 aliphatic carbocycles. The van der Waals surface area contributed by atoms with E-state index in [9.17, 15) is 0 Å². The molecule has 0 aromatic heterocycles. The zero-order valence-electron chi connectivity index (χ0n) is 13.7. The monoisotopic (exact) mass is 284 g/mol.